The molecule has 0 aliphatic carbocycles. The molecule has 0 fully saturated rings. The molecule has 0 saturated carbocycles. The van der Waals surface area contributed by atoms with Crippen molar-refractivity contribution in [3.63, 3.8) is 0 Å². The molecule has 22 nitrogen and oxygen atoms in total. The molecule has 94 heavy (non-hydrogen) atoms. The summed E-state index contributed by atoms with van der Waals surface area (Å²) >= 11 is 0. The van der Waals surface area contributed by atoms with E-state index in [2.05, 4.69) is 44.1 Å². The number of unbranched alkanes of at least 4 members (excludes halogenated alkanes) is 29. The summed E-state index contributed by atoms with van der Waals surface area (Å²) < 4.78 is 33.3. The van der Waals surface area contributed by atoms with Gasteiger partial charge in [0.1, 0.15) is 32.2 Å². The molecule has 0 aliphatic rings. The molecule has 2 unspecified atom stereocenters. The van der Waals surface area contributed by atoms with Crippen LogP contribution in [0.3, 0.4) is 0 Å². The van der Waals surface area contributed by atoms with Crippen LogP contribution in [0.4, 0.5) is 0 Å². The minimum Gasteiger partial charge on any atom is -0.462 e. The summed E-state index contributed by atoms with van der Waals surface area (Å²) in [6.45, 7) is 9.16. The van der Waals surface area contributed by atoms with E-state index in [9.17, 15) is 47.9 Å². The highest BCUT2D eigenvalue weighted by molar-refractivity contribution is 5.78. The van der Waals surface area contributed by atoms with Gasteiger partial charge in [0.15, 0.2) is 12.2 Å². The quantitative estimate of drug-likeness (QED) is 0.0221. The normalized spacial score (nSPS) is 11.7. The van der Waals surface area contributed by atoms with Gasteiger partial charge in [-0.05, 0) is 89.9 Å². The van der Waals surface area contributed by atoms with Gasteiger partial charge in [-0.15, -0.1) is 0 Å². The molecule has 0 amide bonds. The lowest BCUT2D eigenvalue weighted by Gasteiger charge is -2.18. The second-order valence-corrected chi connectivity index (χ2v) is 24.9. The number of hydroxylamine groups is 3. The Morgan fingerprint density at radius 1 is 0.223 bits per heavy atom. The van der Waals surface area contributed by atoms with E-state index >= 15 is 0 Å². The van der Waals surface area contributed by atoms with Gasteiger partial charge in [0.2, 0.25) is 0 Å². The molecular weight excluding hydrogens is 1210 g/mol. The smallest absolute Gasteiger partial charge is 0.324 e. The van der Waals surface area contributed by atoms with Crippen LogP contribution in [0.2, 0.25) is 0 Å². The standard InChI is InChI=1S/C72H129N3O19/c1-5-9-13-14-15-21-32-43-61(76)44-33-22-16-23-34-45-64(77)86-57-62(90-68(81)49-38-27-19-30-41-52-71(84)93-74-55-11-7-3)58-87-65(78)46-35-24-17-25-36-47-66(79)88-59-63(91-69(82)50-39-28-20-31-42-53-72(85)94-75-56-12-8-4)60-89-67(80)48-37-26-18-29-40-51-70(83)92-73-54-10-6-2/h62-63,73-75H,5-60H2,1-4H3. The molecule has 0 bridgehead atoms. The maximum absolute atomic E-state index is 12.9. The monoisotopic (exact) mass is 1340 g/mol. The van der Waals surface area contributed by atoms with E-state index < -0.39 is 48.0 Å². The Labute approximate surface area is 565 Å². The molecule has 0 aromatic rings. The number of esters is 6. The molecule has 0 saturated heterocycles. The summed E-state index contributed by atoms with van der Waals surface area (Å²) in [5, 5.41) is 0. The number of rotatable bonds is 70. The van der Waals surface area contributed by atoms with Crippen molar-refractivity contribution in [1.82, 2.24) is 16.4 Å². The van der Waals surface area contributed by atoms with Gasteiger partial charge >= 0.3 is 53.7 Å². The average molecular weight is 1340 g/mol. The fraction of sp³-hybridized carbons (Fsp3) is 0.861. The Hall–Kier alpha value is -5.22. The van der Waals surface area contributed by atoms with Gasteiger partial charge in [-0.2, -0.15) is 16.4 Å². The van der Waals surface area contributed by atoms with Crippen LogP contribution in [0.1, 0.15) is 342 Å². The first-order valence-corrected chi connectivity index (χ1v) is 37.0. The van der Waals surface area contributed by atoms with Crippen LogP contribution >= 0.6 is 0 Å². The molecule has 0 aliphatic heterocycles. The molecule has 22 heteroatoms. The average Bonchev–Trinajstić information content (AvgIpc) is 3.34. The zero-order chi connectivity index (χ0) is 69.0. The van der Waals surface area contributed by atoms with Crippen molar-refractivity contribution < 1.29 is 90.9 Å². The third-order valence-corrected chi connectivity index (χ3v) is 15.7. The second-order valence-electron chi connectivity index (χ2n) is 24.9. The highest BCUT2D eigenvalue weighted by Crippen LogP contribution is 2.17. The van der Waals surface area contributed by atoms with Crippen LogP contribution in [-0.4, -0.2) is 118 Å². The van der Waals surface area contributed by atoms with Gasteiger partial charge < -0.3 is 42.9 Å². The zero-order valence-corrected chi connectivity index (χ0v) is 59.0. The van der Waals surface area contributed by atoms with Crippen molar-refractivity contribution in [2.45, 2.75) is 355 Å². The van der Waals surface area contributed by atoms with E-state index in [0.29, 0.717) is 128 Å². The Morgan fingerprint density at radius 3 is 0.649 bits per heavy atom. The van der Waals surface area contributed by atoms with Gasteiger partial charge in [-0.25, -0.2) is 0 Å². The van der Waals surface area contributed by atoms with Crippen molar-refractivity contribution in [1.29, 1.82) is 0 Å². The summed E-state index contributed by atoms with van der Waals surface area (Å²) in [6, 6.07) is 0. The minimum absolute atomic E-state index is 0.107. The van der Waals surface area contributed by atoms with Crippen molar-refractivity contribution in [3.8, 4) is 0 Å². The number of ketones is 1. The van der Waals surface area contributed by atoms with E-state index in [1.165, 1.54) is 32.1 Å². The topological polar surface area (TPSA) is 290 Å². The fourth-order valence-electron chi connectivity index (χ4n) is 9.85. The Kier molecular flexibility index (Phi) is 64.0. The molecular formula is C72H129N3O19. The summed E-state index contributed by atoms with van der Waals surface area (Å²) in [5.74, 6) is -3.43. The molecule has 546 valence electrons. The first kappa shape index (κ1) is 88.8. The van der Waals surface area contributed by atoms with Crippen molar-refractivity contribution in [3.05, 3.63) is 0 Å². The maximum Gasteiger partial charge on any atom is 0.324 e. The van der Waals surface area contributed by atoms with Crippen LogP contribution in [0.25, 0.3) is 0 Å². The minimum atomic E-state index is -0.995. The zero-order valence-electron chi connectivity index (χ0n) is 59.0. The van der Waals surface area contributed by atoms with E-state index in [-0.39, 0.29) is 82.9 Å². The fourth-order valence-corrected chi connectivity index (χ4v) is 9.85. The maximum atomic E-state index is 12.9. The number of Topliss-reactive ketones (excluding diaryl/α,β-unsaturated/α-hetero) is 1. The lowest BCUT2D eigenvalue weighted by Crippen LogP contribution is -2.30. The van der Waals surface area contributed by atoms with Crippen molar-refractivity contribution in [2.24, 2.45) is 0 Å². The Balaban J connectivity index is 5.00. The largest absolute Gasteiger partial charge is 0.462 e. The first-order chi connectivity index (χ1) is 45.7. The number of carbonyl (C=O) groups is 10. The van der Waals surface area contributed by atoms with Gasteiger partial charge in [0.25, 0.3) is 0 Å². The molecule has 0 radical (unpaired) electrons. The Bertz CT molecular complexity index is 1940. The summed E-state index contributed by atoms with van der Waals surface area (Å²) in [7, 11) is 0. The van der Waals surface area contributed by atoms with Gasteiger partial charge in [0.05, 0.1) is 0 Å². The molecule has 0 spiro atoms. The number of nitrogens with one attached hydrogen (secondary N) is 3. The van der Waals surface area contributed by atoms with Crippen molar-refractivity contribution >= 4 is 59.5 Å². The van der Waals surface area contributed by atoms with E-state index in [1.807, 2.05) is 0 Å². The lowest BCUT2D eigenvalue weighted by molar-refractivity contribution is -0.167. The first-order valence-electron chi connectivity index (χ1n) is 37.0. The van der Waals surface area contributed by atoms with Gasteiger partial charge in [-0.1, -0.05) is 182 Å². The van der Waals surface area contributed by atoms with Crippen LogP contribution in [0.15, 0.2) is 0 Å². The molecule has 0 aromatic heterocycles. The molecule has 3 N–H and O–H groups in total. The molecule has 0 rings (SSSR count). The third-order valence-electron chi connectivity index (χ3n) is 15.7. The van der Waals surface area contributed by atoms with E-state index in [4.69, 9.17) is 42.9 Å². The molecule has 0 heterocycles. The summed E-state index contributed by atoms with van der Waals surface area (Å²) in [6.07, 6.45) is 33.3. The van der Waals surface area contributed by atoms with Crippen LogP contribution in [0.5, 0.6) is 0 Å². The highest BCUT2D eigenvalue weighted by atomic mass is 16.7. The van der Waals surface area contributed by atoms with E-state index in [1.54, 1.807) is 0 Å². The third kappa shape index (κ3) is 64.1. The van der Waals surface area contributed by atoms with Crippen LogP contribution in [0, 0.1) is 0 Å². The van der Waals surface area contributed by atoms with Gasteiger partial charge in [-0.3, -0.25) is 47.9 Å². The predicted molar refractivity (Wildman–Crippen MR) is 360 cm³/mol. The SMILES string of the molecule is CCCCCCCCCC(=O)CCCCCCCC(=O)OCC(COC(=O)CCCCCCCC(=O)OCC(COC(=O)CCCCCCCC(=O)ONCCCC)OC(=O)CCCCCCCC(=O)ONCCCC)OC(=O)CCCCCCCC(=O)ONCCCC. The van der Waals surface area contributed by atoms with E-state index in [0.717, 1.165) is 141 Å². The summed E-state index contributed by atoms with van der Waals surface area (Å²) in [5.41, 5.74) is 8.04. The Morgan fingerprint density at radius 2 is 0.415 bits per heavy atom. The number of hydrogen-bond acceptors (Lipinski definition) is 22. The molecule has 2 atom stereocenters. The number of ether oxygens (including phenoxy) is 6. The number of carbonyl (C=O) groups excluding carboxylic acids is 10. The van der Waals surface area contributed by atoms with Crippen LogP contribution < -0.4 is 16.4 Å². The number of hydrogen-bond donors (Lipinski definition) is 3. The predicted octanol–water partition coefficient (Wildman–Crippen LogP) is 14.9. The van der Waals surface area contributed by atoms with Gasteiger partial charge in [0, 0.05) is 90.3 Å². The molecule has 0 aromatic carbocycles. The van der Waals surface area contributed by atoms with Crippen LogP contribution in [-0.2, 0) is 90.9 Å². The summed E-state index contributed by atoms with van der Waals surface area (Å²) in [4.78, 5) is 140. The highest BCUT2D eigenvalue weighted by Gasteiger charge is 2.22. The lowest BCUT2D eigenvalue weighted by atomic mass is 10.0. The second kappa shape index (κ2) is 67.7. The van der Waals surface area contributed by atoms with Crippen molar-refractivity contribution in [2.75, 3.05) is 46.1 Å².